The fourth-order valence-electron chi connectivity index (χ4n) is 3.07. The van der Waals surface area contributed by atoms with Gasteiger partial charge in [0.15, 0.2) is 0 Å². The van der Waals surface area contributed by atoms with Crippen LogP contribution in [0.25, 0.3) is 0 Å². The molecule has 0 N–H and O–H groups in total. The Kier molecular flexibility index (Phi) is 5.25. The minimum atomic E-state index is 0.464. The van der Waals surface area contributed by atoms with E-state index in [1.54, 1.807) is 0 Å². The maximum absolute atomic E-state index is 4.65. The predicted octanol–water partition coefficient (Wildman–Crippen LogP) is 1.69. The number of anilines is 2. The summed E-state index contributed by atoms with van der Waals surface area (Å²) in [4.78, 5) is 20.2. The molecule has 0 amide bonds. The minimum absolute atomic E-state index is 0.464. The molecule has 3 heterocycles. The fourth-order valence-corrected chi connectivity index (χ4v) is 3.07. The monoisotopic (exact) mass is 326 g/mol. The lowest BCUT2D eigenvalue weighted by atomic mass is 10.2. The maximum Gasteiger partial charge on any atom is 0.227 e. The van der Waals surface area contributed by atoms with Gasteiger partial charge in [0.2, 0.25) is 5.95 Å². The molecule has 0 radical (unpaired) electrons. The molecular weight excluding hydrogens is 300 g/mol. The standard InChI is InChI=1S/C18H26N6/c1-22(2)17-7-11-20-18(21-17)23(3)16-9-13-24(14-16)12-8-15-6-4-5-10-19-15/h4-7,10-11,16H,8-9,12-14H2,1-3H3. The molecule has 1 atom stereocenters. The van der Waals surface area contributed by atoms with Crippen LogP contribution in [0.15, 0.2) is 36.7 Å². The molecule has 2 aromatic rings. The van der Waals surface area contributed by atoms with Crippen LogP contribution in [0.5, 0.6) is 0 Å². The number of hydrogen-bond donors (Lipinski definition) is 0. The van der Waals surface area contributed by atoms with E-state index in [0.29, 0.717) is 6.04 Å². The van der Waals surface area contributed by atoms with E-state index in [-0.39, 0.29) is 0 Å². The first-order valence-electron chi connectivity index (χ1n) is 8.49. The molecule has 128 valence electrons. The third-order valence-corrected chi connectivity index (χ3v) is 4.61. The Labute approximate surface area is 144 Å². The quantitative estimate of drug-likeness (QED) is 0.805. The molecule has 0 saturated carbocycles. The lowest BCUT2D eigenvalue weighted by Gasteiger charge is -2.25. The Balaban J connectivity index is 1.56. The zero-order valence-electron chi connectivity index (χ0n) is 14.8. The van der Waals surface area contributed by atoms with Gasteiger partial charge in [0, 0.05) is 71.3 Å². The van der Waals surface area contributed by atoms with Gasteiger partial charge in [0.25, 0.3) is 0 Å². The van der Waals surface area contributed by atoms with Crippen LogP contribution < -0.4 is 9.80 Å². The first kappa shape index (κ1) is 16.6. The zero-order valence-corrected chi connectivity index (χ0v) is 14.8. The molecular formula is C18H26N6. The number of rotatable bonds is 6. The minimum Gasteiger partial charge on any atom is -0.363 e. The van der Waals surface area contributed by atoms with Crippen molar-refractivity contribution in [3.05, 3.63) is 42.4 Å². The summed E-state index contributed by atoms with van der Waals surface area (Å²) in [6, 6.07) is 8.52. The lowest BCUT2D eigenvalue weighted by Crippen LogP contribution is -2.36. The first-order valence-corrected chi connectivity index (χ1v) is 8.49. The van der Waals surface area contributed by atoms with Crippen LogP contribution in [0.2, 0.25) is 0 Å². The highest BCUT2D eigenvalue weighted by atomic mass is 15.3. The van der Waals surface area contributed by atoms with Crippen LogP contribution in [-0.4, -0.2) is 66.7 Å². The molecule has 1 saturated heterocycles. The van der Waals surface area contributed by atoms with Crippen LogP contribution in [0.1, 0.15) is 12.1 Å². The van der Waals surface area contributed by atoms with E-state index in [0.717, 1.165) is 49.9 Å². The smallest absolute Gasteiger partial charge is 0.227 e. The molecule has 6 heteroatoms. The summed E-state index contributed by atoms with van der Waals surface area (Å²) in [6.45, 7) is 3.23. The second kappa shape index (κ2) is 7.57. The molecule has 3 rings (SSSR count). The predicted molar refractivity (Wildman–Crippen MR) is 97.5 cm³/mol. The molecule has 0 aromatic carbocycles. The van der Waals surface area contributed by atoms with Gasteiger partial charge >= 0.3 is 0 Å². The number of likely N-dealkylation sites (tertiary alicyclic amines) is 1. The summed E-state index contributed by atoms with van der Waals surface area (Å²) in [5, 5.41) is 0. The average Bonchev–Trinajstić information content (AvgIpc) is 3.09. The van der Waals surface area contributed by atoms with E-state index in [9.17, 15) is 0 Å². The van der Waals surface area contributed by atoms with Gasteiger partial charge in [-0.25, -0.2) is 4.98 Å². The van der Waals surface area contributed by atoms with Gasteiger partial charge in [0.1, 0.15) is 5.82 Å². The lowest BCUT2D eigenvalue weighted by molar-refractivity contribution is 0.336. The topological polar surface area (TPSA) is 48.4 Å². The third-order valence-electron chi connectivity index (χ3n) is 4.61. The van der Waals surface area contributed by atoms with Crippen molar-refractivity contribution in [2.45, 2.75) is 18.9 Å². The zero-order chi connectivity index (χ0) is 16.9. The maximum atomic E-state index is 4.65. The number of pyridine rings is 1. The Bertz CT molecular complexity index is 645. The summed E-state index contributed by atoms with van der Waals surface area (Å²) < 4.78 is 0. The molecule has 1 fully saturated rings. The van der Waals surface area contributed by atoms with E-state index in [1.807, 2.05) is 43.5 Å². The Morgan fingerprint density at radius 1 is 1.12 bits per heavy atom. The molecule has 24 heavy (non-hydrogen) atoms. The summed E-state index contributed by atoms with van der Waals surface area (Å²) in [5.74, 6) is 1.75. The summed E-state index contributed by atoms with van der Waals surface area (Å²) in [5.41, 5.74) is 1.16. The molecule has 0 spiro atoms. The molecule has 2 aromatic heterocycles. The van der Waals surface area contributed by atoms with Gasteiger partial charge in [-0.1, -0.05) is 6.07 Å². The SMILES string of the molecule is CN(C)c1ccnc(N(C)C2CCN(CCc3ccccn3)C2)n1. The molecule has 0 aliphatic carbocycles. The highest BCUT2D eigenvalue weighted by Crippen LogP contribution is 2.20. The van der Waals surface area contributed by atoms with Gasteiger partial charge in [-0.2, -0.15) is 4.98 Å². The highest BCUT2D eigenvalue weighted by molar-refractivity contribution is 5.42. The largest absolute Gasteiger partial charge is 0.363 e. The Morgan fingerprint density at radius 3 is 2.75 bits per heavy atom. The van der Waals surface area contributed by atoms with Crippen molar-refractivity contribution in [1.29, 1.82) is 0 Å². The third kappa shape index (κ3) is 4.00. The summed E-state index contributed by atoms with van der Waals surface area (Å²) in [7, 11) is 6.10. The van der Waals surface area contributed by atoms with Crippen molar-refractivity contribution < 1.29 is 0 Å². The van der Waals surface area contributed by atoms with Crippen LogP contribution in [0, 0.1) is 0 Å². The number of hydrogen-bond acceptors (Lipinski definition) is 6. The van der Waals surface area contributed by atoms with Crippen molar-refractivity contribution in [2.24, 2.45) is 0 Å². The van der Waals surface area contributed by atoms with Crippen molar-refractivity contribution in [3.8, 4) is 0 Å². The fraction of sp³-hybridized carbons (Fsp3) is 0.500. The van der Waals surface area contributed by atoms with Gasteiger partial charge in [-0.05, 0) is 24.6 Å². The first-order chi connectivity index (χ1) is 11.6. The molecule has 0 bridgehead atoms. The molecule has 1 aliphatic rings. The second-order valence-electron chi connectivity index (χ2n) is 6.53. The summed E-state index contributed by atoms with van der Waals surface area (Å²) >= 11 is 0. The van der Waals surface area contributed by atoms with Crippen molar-refractivity contribution in [1.82, 2.24) is 19.9 Å². The van der Waals surface area contributed by atoms with Crippen LogP contribution >= 0.6 is 0 Å². The number of aromatic nitrogens is 3. The molecule has 1 aliphatic heterocycles. The second-order valence-corrected chi connectivity index (χ2v) is 6.53. The average molecular weight is 326 g/mol. The van der Waals surface area contributed by atoms with Crippen LogP contribution in [-0.2, 0) is 6.42 Å². The Hall–Kier alpha value is -2.21. The van der Waals surface area contributed by atoms with Crippen molar-refractivity contribution in [3.63, 3.8) is 0 Å². The van der Waals surface area contributed by atoms with Gasteiger partial charge in [-0.3, -0.25) is 4.98 Å². The molecule has 6 nitrogen and oxygen atoms in total. The van der Waals surface area contributed by atoms with E-state index in [4.69, 9.17) is 0 Å². The van der Waals surface area contributed by atoms with Crippen LogP contribution in [0.4, 0.5) is 11.8 Å². The van der Waals surface area contributed by atoms with Gasteiger partial charge in [-0.15, -0.1) is 0 Å². The van der Waals surface area contributed by atoms with Crippen molar-refractivity contribution >= 4 is 11.8 Å². The highest BCUT2D eigenvalue weighted by Gasteiger charge is 2.27. The van der Waals surface area contributed by atoms with E-state index < -0.39 is 0 Å². The molecule has 1 unspecified atom stereocenters. The van der Waals surface area contributed by atoms with E-state index in [2.05, 4.69) is 43.9 Å². The van der Waals surface area contributed by atoms with E-state index in [1.165, 1.54) is 0 Å². The van der Waals surface area contributed by atoms with Gasteiger partial charge < -0.3 is 14.7 Å². The number of likely N-dealkylation sites (N-methyl/N-ethyl adjacent to an activating group) is 1. The normalized spacial score (nSPS) is 17.9. The number of nitrogens with zero attached hydrogens (tertiary/aromatic N) is 6. The Morgan fingerprint density at radius 2 is 2.00 bits per heavy atom. The van der Waals surface area contributed by atoms with E-state index >= 15 is 0 Å². The van der Waals surface area contributed by atoms with Crippen LogP contribution in [0.3, 0.4) is 0 Å². The van der Waals surface area contributed by atoms with Crippen molar-refractivity contribution in [2.75, 3.05) is 50.6 Å². The van der Waals surface area contributed by atoms with Gasteiger partial charge in [0.05, 0.1) is 0 Å². The summed E-state index contributed by atoms with van der Waals surface area (Å²) in [6.07, 6.45) is 5.85.